The van der Waals surface area contributed by atoms with Gasteiger partial charge < -0.3 is 24.0 Å². The third-order valence-corrected chi connectivity index (χ3v) is 3.88. The van der Waals surface area contributed by atoms with Crippen LogP contribution >= 0.6 is 0 Å². The number of furan rings is 1. The van der Waals surface area contributed by atoms with Crippen molar-refractivity contribution in [2.45, 2.75) is 13.3 Å². The number of pyridine rings is 1. The Labute approximate surface area is 135 Å². The smallest absolute Gasteiger partial charge is 0.307 e. The van der Waals surface area contributed by atoms with Gasteiger partial charge >= 0.3 is 5.97 Å². The molecule has 3 aromatic rings. The number of aliphatic carboxylic acids is 1. The van der Waals surface area contributed by atoms with Gasteiger partial charge in [-0.15, -0.1) is 0 Å². The molecule has 0 aliphatic carbocycles. The van der Waals surface area contributed by atoms with Crippen molar-refractivity contribution < 1.29 is 23.8 Å². The summed E-state index contributed by atoms with van der Waals surface area (Å²) >= 11 is 0. The molecular weight excluding hydrogens is 314 g/mol. The molecular formula is C17H13NO6. The molecule has 0 unspecified atom stereocenters. The van der Waals surface area contributed by atoms with Crippen LogP contribution in [0.5, 0.6) is 11.5 Å². The van der Waals surface area contributed by atoms with Gasteiger partial charge in [-0.25, -0.2) is 0 Å². The number of rotatable bonds is 3. The molecule has 1 aliphatic heterocycles. The number of carboxylic acid groups (broad SMARTS) is 1. The van der Waals surface area contributed by atoms with Gasteiger partial charge in [0.05, 0.1) is 11.8 Å². The van der Waals surface area contributed by atoms with E-state index in [0.29, 0.717) is 39.7 Å². The molecule has 0 atom stereocenters. The van der Waals surface area contributed by atoms with Crippen molar-refractivity contribution in [2.24, 2.45) is 0 Å². The van der Waals surface area contributed by atoms with E-state index >= 15 is 0 Å². The first-order chi connectivity index (χ1) is 11.5. The van der Waals surface area contributed by atoms with Crippen molar-refractivity contribution in [3.8, 4) is 22.8 Å². The van der Waals surface area contributed by atoms with E-state index in [1.54, 1.807) is 31.2 Å². The zero-order chi connectivity index (χ0) is 16.8. The summed E-state index contributed by atoms with van der Waals surface area (Å²) in [7, 11) is 0. The van der Waals surface area contributed by atoms with Gasteiger partial charge in [0.25, 0.3) is 5.56 Å². The van der Waals surface area contributed by atoms with Crippen LogP contribution in [0.1, 0.15) is 11.3 Å². The van der Waals surface area contributed by atoms with Crippen LogP contribution in [-0.4, -0.2) is 22.9 Å². The fourth-order valence-corrected chi connectivity index (χ4v) is 2.90. The van der Waals surface area contributed by atoms with E-state index in [1.807, 2.05) is 0 Å². The number of hydrogen-bond acceptors (Lipinski definition) is 5. The number of nitrogens with one attached hydrogen (secondary N) is 1. The van der Waals surface area contributed by atoms with Gasteiger partial charge in [-0.2, -0.15) is 0 Å². The first-order valence-corrected chi connectivity index (χ1v) is 7.30. The highest BCUT2D eigenvalue weighted by Crippen LogP contribution is 2.39. The first kappa shape index (κ1) is 14.4. The highest BCUT2D eigenvalue weighted by atomic mass is 16.7. The Morgan fingerprint density at radius 2 is 2.04 bits per heavy atom. The average Bonchev–Trinajstić information content (AvgIpc) is 3.10. The second-order valence-electron chi connectivity index (χ2n) is 5.57. The van der Waals surface area contributed by atoms with Crippen molar-refractivity contribution in [1.82, 2.24) is 4.98 Å². The highest BCUT2D eigenvalue weighted by molar-refractivity contribution is 5.91. The van der Waals surface area contributed by atoms with E-state index < -0.39 is 5.97 Å². The molecule has 1 aromatic carbocycles. The molecule has 7 nitrogen and oxygen atoms in total. The number of H-pyrrole nitrogens is 1. The largest absolute Gasteiger partial charge is 0.481 e. The molecule has 0 bridgehead atoms. The van der Waals surface area contributed by atoms with Crippen LogP contribution in [0, 0.1) is 6.92 Å². The third-order valence-electron chi connectivity index (χ3n) is 3.88. The van der Waals surface area contributed by atoms with E-state index in [4.69, 9.17) is 13.9 Å². The maximum Gasteiger partial charge on any atom is 0.307 e. The Hall–Kier alpha value is -3.22. The van der Waals surface area contributed by atoms with Crippen molar-refractivity contribution in [2.75, 3.05) is 6.79 Å². The highest BCUT2D eigenvalue weighted by Gasteiger charge is 2.23. The van der Waals surface area contributed by atoms with E-state index in [2.05, 4.69) is 4.98 Å². The topological polar surface area (TPSA) is 102 Å². The molecule has 0 amide bonds. The van der Waals surface area contributed by atoms with Crippen LogP contribution in [0.25, 0.3) is 22.3 Å². The van der Waals surface area contributed by atoms with E-state index in [1.165, 1.54) is 0 Å². The van der Waals surface area contributed by atoms with Crippen LogP contribution in [0.4, 0.5) is 0 Å². The molecule has 4 rings (SSSR count). The molecule has 24 heavy (non-hydrogen) atoms. The molecule has 1 aliphatic rings. The number of hydrogen-bond donors (Lipinski definition) is 2. The molecule has 0 radical (unpaired) electrons. The minimum atomic E-state index is -1.04. The number of carboxylic acids is 1. The lowest BCUT2D eigenvalue weighted by atomic mass is 10.0. The number of aryl methyl sites for hydroxylation is 1. The number of ether oxygens (including phenoxy) is 2. The van der Waals surface area contributed by atoms with Crippen molar-refractivity contribution in [1.29, 1.82) is 0 Å². The van der Waals surface area contributed by atoms with Gasteiger partial charge in [0.15, 0.2) is 11.5 Å². The Balaban J connectivity index is 1.99. The van der Waals surface area contributed by atoms with Gasteiger partial charge in [-0.1, -0.05) is 0 Å². The quantitative estimate of drug-likeness (QED) is 0.766. The summed E-state index contributed by atoms with van der Waals surface area (Å²) in [6, 6.07) is 6.87. The Kier molecular flexibility index (Phi) is 3.09. The third kappa shape index (κ3) is 2.21. The van der Waals surface area contributed by atoms with E-state index in [-0.39, 0.29) is 24.2 Å². The van der Waals surface area contributed by atoms with Gasteiger partial charge in [0.1, 0.15) is 11.3 Å². The lowest BCUT2D eigenvalue weighted by Crippen LogP contribution is -2.10. The predicted octanol–water partition coefficient (Wildman–Crippen LogP) is 2.45. The molecule has 0 spiro atoms. The van der Waals surface area contributed by atoms with Gasteiger partial charge in [-0.05, 0) is 25.1 Å². The number of fused-ring (bicyclic) bond motifs is 2. The first-order valence-electron chi connectivity index (χ1n) is 7.30. The van der Waals surface area contributed by atoms with Crippen LogP contribution in [0.15, 0.2) is 33.5 Å². The summed E-state index contributed by atoms with van der Waals surface area (Å²) in [4.78, 5) is 26.2. The van der Waals surface area contributed by atoms with Crippen LogP contribution in [-0.2, 0) is 11.2 Å². The number of benzene rings is 1. The zero-order valence-corrected chi connectivity index (χ0v) is 12.7. The van der Waals surface area contributed by atoms with Gasteiger partial charge in [-0.3, -0.25) is 9.59 Å². The molecule has 122 valence electrons. The lowest BCUT2D eigenvalue weighted by Gasteiger charge is -2.02. The average molecular weight is 327 g/mol. The van der Waals surface area contributed by atoms with Gasteiger partial charge in [0.2, 0.25) is 6.79 Å². The fraction of sp³-hybridized carbons (Fsp3) is 0.176. The van der Waals surface area contributed by atoms with Crippen molar-refractivity contribution in [3.05, 3.63) is 45.9 Å². The molecule has 2 aromatic heterocycles. The lowest BCUT2D eigenvalue weighted by molar-refractivity contribution is -0.136. The van der Waals surface area contributed by atoms with E-state index in [0.717, 1.165) is 0 Å². The number of carbonyl (C=O) groups is 1. The fourth-order valence-electron chi connectivity index (χ4n) is 2.90. The summed E-state index contributed by atoms with van der Waals surface area (Å²) in [6.07, 6.45) is -0.317. The zero-order valence-electron chi connectivity index (χ0n) is 12.7. The van der Waals surface area contributed by atoms with Crippen LogP contribution in [0.3, 0.4) is 0 Å². The molecule has 3 heterocycles. The molecule has 2 N–H and O–H groups in total. The summed E-state index contributed by atoms with van der Waals surface area (Å²) in [6.45, 7) is 1.88. The Morgan fingerprint density at radius 3 is 2.83 bits per heavy atom. The van der Waals surface area contributed by atoms with E-state index in [9.17, 15) is 14.7 Å². The standard InChI is InChI=1S/C17H13NO6/c1-8-4-13-15(17(21)18-8)10(6-14(19)20)16(24-13)9-2-3-11-12(5-9)23-7-22-11/h2-5H,6-7H2,1H3,(H,18,21)(H,19,20). The summed E-state index contributed by atoms with van der Waals surface area (Å²) < 4.78 is 16.5. The Morgan fingerprint density at radius 1 is 1.25 bits per heavy atom. The number of aromatic amines is 1. The molecule has 7 heteroatoms. The van der Waals surface area contributed by atoms with Crippen LogP contribution in [0.2, 0.25) is 0 Å². The molecule has 0 saturated carbocycles. The minimum absolute atomic E-state index is 0.139. The second-order valence-corrected chi connectivity index (χ2v) is 5.57. The molecule has 0 fully saturated rings. The summed E-state index contributed by atoms with van der Waals surface area (Å²) in [5, 5.41) is 9.48. The normalized spacial score (nSPS) is 12.7. The predicted molar refractivity (Wildman–Crippen MR) is 84.5 cm³/mol. The minimum Gasteiger partial charge on any atom is -0.481 e. The summed E-state index contributed by atoms with van der Waals surface area (Å²) in [5.41, 5.74) is 1.61. The van der Waals surface area contributed by atoms with Gasteiger partial charge in [0, 0.05) is 22.9 Å². The second kappa shape index (κ2) is 5.16. The maximum absolute atomic E-state index is 12.3. The maximum atomic E-state index is 12.3. The number of aromatic nitrogens is 1. The SMILES string of the molecule is Cc1cc2oc(-c3ccc4c(c3)OCO4)c(CC(=O)O)c2c(=O)[nH]1. The van der Waals surface area contributed by atoms with Crippen molar-refractivity contribution in [3.63, 3.8) is 0 Å². The monoisotopic (exact) mass is 327 g/mol. The van der Waals surface area contributed by atoms with Crippen LogP contribution < -0.4 is 15.0 Å². The van der Waals surface area contributed by atoms with Crippen molar-refractivity contribution >= 4 is 16.9 Å². The Bertz CT molecular complexity index is 1030. The summed E-state index contributed by atoms with van der Waals surface area (Å²) in [5.74, 6) is 0.476. The molecule has 0 saturated heterocycles.